The Kier molecular flexibility index (Phi) is 3.41. The lowest BCUT2D eigenvalue weighted by atomic mass is 10.0. The zero-order valence-electron chi connectivity index (χ0n) is 9.36. The van der Waals surface area contributed by atoms with E-state index in [1.165, 1.54) is 0 Å². The van der Waals surface area contributed by atoms with Gasteiger partial charge in [0.2, 0.25) is 0 Å². The maximum atomic E-state index is 13.1. The van der Waals surface area contributed by atoms with E-state index in [1.807, 2.05) is 0 Å². The van der Waals surface area contributed by atoms with Crippen molar-refractivity contribution >= 4 is 27.0 Å². The molecule has 0 amide bonds. The Morgan fingerprint density at radius 2 is 1.60 bits per heavy atom. The van der Waals surface area contributed by atoms with Crippen LogP contribution in [0.2, 0.25) is 0 Å². The minimum atomic E-state index is -5.90. The van der Waals surface area contributed by atoms with Gasteiger partial charge < -0.3 is 15.1 Å². The molecule has 0 saturated carbocycles. The summed E-state index contributed by atoms with van der Waals surface area (Å²) < 4.78 is 62.7. The van der Waals surface area contributed by atoms with Crippen molar-refractivity contribution in [2.75, 3.05) is 0 Å². The molecule has 1 aromatic heterocycles. The molecule has 1 heterocycles. The number of aliphatic hydroxyl groups is 1. The van der Waals surface area contributed by atoms with Crippen molar-refractivity contribution < 1.29 is 27.1 Å². The molecular formula is C10H6BrF5N2O2. The van der Waals surface area contributed by atoms with Gasteiger partial charge in [0.1, 0.15) is 0 Å². The van der Waals surface area contributed by atoms with E-state index in [2.05, 4.69) is 25.9 Å². The van der Waals surface area contributed by atoms with Gasteiger partial charge in [-0.05, 0) is 12.1 Å². The Labute approximate surface area is 115 Å². The highest BCUT2D eigenvalue weighted by atomic mass is 79.9. The molecule has 0 aliphatic heterocycles. The van der Waals surface area contributed by atoms with E-state index in [1.54, 1.807) is 0 Å². The molecule has 0 saturated heterocycles. The van der Waals surface area contributed by atoms with Crippen LogP contribution < -0.4 is 5.69 Å². The van der Waals surface area contributed by atoms with Crippen LogP contribution >= 0.6 is 15.9 Å². The third kappa shape index (κ3) is 2.33. The number of alkyl halides is 5. The first-order valence-electron chi connectivity index (χ1n) is 5.08. The largest absolute Gasteiger partial charge is 0.456 e. The number of H-pyrrole nitrogens is 2. The van der Waals surface area contributed by atoms with Crippen LogP contribution in [-0.4, -0.2) is 27.2 Å². The molecule has 0 aliphatic carbocycles. The molecule has 1 aromatic carbocycles. The molecule has 0 fully saturated rings. The second-order valence-electron chi connectivity index (χ2n) is 4.02. The number of benzene rings is 1. The summed E-state index contributed by atoms with van der Waals surface area (Å²) in [4.78, 5) is 15.5. The number of nitrogens with one attached hydrogen (secondary N) is 2. The van der Waals surface area contributed by atoms with Crippen LogP contribution in [0.25, 0.3) is 11.0 Å². The number of fused-ring (bicyclic) bond motifs is 1. The molecule has 0 bridgehead atoms. The average molecular weight is 361 g/mol. The normalized spacial score (nSPS) is 14.8. The minimum Gasteiger partial charge on any atom is -0.382 e. The fourth-order valence-electron chi connectivity index (χ4n) is 1.63. The van der Waals surface area contributed by atoms with Gasteiger partial charge in [-0.2, -0.15) is 22.0 Å². The second-order valence-corrected chi connectivity index (χ2v) is 4.88. The van der Waals surface area contributed by atoms with E-state index in [9.17, 15) is 31.9 Å². The molecular weight excluding hydrogens is 355 g/mol. The van der Waals surface area contributed by atoms with Crippen molar-refractivity contribution in [2.24, 2.45) is 0 Å². The fourth-order valence-corrected chi connectivity index (χ4v) is 2.19. The van der Waals surface area contributed by atoms with Gasteiger partial charge in [-0.15, -0.1) is 0 Å². The van der Waals surface area contributed by atoms with Crippen LogP contribution in [0.4, 0.5) is 22.0 Å². The molecule has 2 aromatic rings. The lowest BCUT2D eigenvalue weighted by molar-refractivity contribution is -0.315. The average Bonchev–Trinajstić information content (AvgIpc) is 2.64. The molecule has 10 heteroatoms. The molecule has 0 radical (unpaired) electrons. The van der Waals surface area contributed by atoms with Crippen molar-refractivity contribution in [2.45, 2.75) is 18.2 Å². The predicted octanol–water partition coefficient (Wildman–Crippen LogP) is 2.85. The summed E-state index contributed by atoms with van der Waals surface area (Å²) in [5.41, 5.74) is -1.13. The van der Waals surface area contributed by atoms with E-state index in [0.717, 1.165) is 12.1 Å². The first-order valence-corrected chi connectivity index (χ1v) is 5.87. The minimum absolute atomic E-state index is 0.00484. The molecule has 1 unspecified atom stereocenters. The van der Waals surface area contributed by atoms with Gasteiger partial charge in [-0.25, -0.2) is 4.79 Å². The van der Waals surface area contributed by atoms with Gasteiger partial charge in [0.05, 0.1) is 11.0 Å². The molecule has 0 spiro atoms. The van der Waals surface area contributed by atoms with Crippen molar-refractivity contribution in [3.63, 3.8) is 0 Å². The first kappa shape index (κ1) is 15.0. The number of aliphatic hydroxyl groups excluding tert-OH is 1. The van der Waals surface area contributed by atoms with E-state index in [0.29, 0.717) is 0 Å². The molecule has 2 rings (SSSR count). The summed E-state index contributed by atoms with van der Waals surface area (Å²) in [5.74, 6) is -5.32. The molecule has 20 heavy (non-hydrogen) atoms. The Bertz CT molecular complexity index is 706. The van der Waals surface area contributed by atoms with E-state index >= 15 is 0 Å². The Morgan fingerprint density at radius 3 is 2.10 bits per heavy atom. The van der Waals surface area contributed by atoms with Crippen LogP contribution in [0.5, 0.6) is 0 Å². The summed E-state index contributed by atoms with van der Waals surface area (Å²) in [7, 11) is 0. The number of hydrogen-bond donors (Lipinski definition) is 3. The maximum absolute atomic E-state index is 13.1. The van der Waals surface area contributed by atoms with Gasteiger partial charge >= 0.3 is 17.8 Å². The van der Waals surface area contributed by atoms with Crippen LogP contribution in [0.15, 0.2) is 21.4 Å². The fraction of sp³-hybridized carbons (Fsp3) is 0.300. The number of halogens is 6. The summed E-state index contributed by atoms with van der Waals surface area (Å²) in [5, 5.41) is 9.33. The monoisotopic (exact) mass is 360 g/mol. The number of aromatic amines is 2. The Balaban J connectivity index is 2.57. The van der Waals surface area contributed by atoms with E-state index in [4.69, 9.17) is 0 Å². The smallest absolute Gasteiger partial charge is 0.382 e. The third-order valence-corrected chi connectivity index (χ3v) is 3.34. The summed E-state index contributed by atoms with van der Waals surface area (Å²) >= 11 is 2.79. The van der Waals surface area contributed by atoms with Crippen molar-refractivity contribution in [3.8, 4) is 0 Å². The highest BCUT2D eigenvalue weighted by molar-refractivity contribution is 9.10. The highest BCUT2D eigenvalue weighted by Gasteiger charge is 2.62. The maximum Gasteiger partial charge on any atom is 0.456 e. The Hall–Kier alpha value is -1.42. The van der Waals surface area contributed by atoms with E-state index in [-0.39, 0.29) is 15.5 Å². The summed E-state index contributed by atoms with van der Waals surface area (Å²) in [6, 6.07) is 1.97. The second kappa shape index (κ2) is 4.55. The van der Waals surface area contributed by atoms with Gasteiger partial charge in [0.25, 0.3) is 0 Å². The SMILES string of the molecule is O=c1[nH]c2cc(Br)c(C(O)C(F)(F)C(F)(F)F)cc2[nH]1. The predicted molar refractivity (Wildman–Crippen MR) is 62.6 cm³/mol. The van der Waals surface area contributed by atoms with E-state index < -0.39 is 29.5 Å². The van der Waals surface area contributed by atoms with Gasteiger partial charge in [-0.3, -0.25) is 0 Å². The number of imidazole rings is 1. The van der Waals surface area contributed by atoms with Crippen LogP contribution in [-0.2, 0) is 0 Å². The molecule has 110 valence electrons. The first-order chi connectivity index (χ1) is 9.04. The standard InChI is InChI=1S/C10H6BrF5N2O2/c11-4-2-6-5(17-8(20)18-6)1-3(4)7(19)9(12,13)10(14,15)16/h1-2,7,19H,(H2,17,18,20). The molecule has 3 N–H and O–H groups in total. The Morgan fingerprint density at radius 1 is 1.10 bits per heavy atom. The highest BCUT2D eigenvalue weighted by Crippen LogP contribution is 2.46. The summed E-state index contributed by atoms with van der Waals surface area (Å²) in [6.07, 6.45) is -8.99. The lowest BCUT2D eigenvalue weighted by Gasteiger charge is -2.25. The van der Waals surface area contributed by atoms with Crippen molar-refractivity contribution in [3.05, 3.63) is 32.7 Å². The molecule has 1 atom stereocenters. The molecule has 0 aliphatic rings. The van der Waals surface area contributed by atoms with Crippen molar-refractivity contribution in [1.82, 2.24) is 9.97 Å². The number of hydrogen-bond acceptors (Lipinski definition) is 2. The quantitative estimate of drug-likeness (QED) is 0.721. The molecule has 4 nitrogen and oxygen atoms in total. The van der Waals surface area contributed by atoms with Crippen molar-refractivity contribution in [1.29, 1.82) is 0 Å². The number of aromatic nitrogens is 2. The van der Waals surface area contributed by atoms with Crippen LogP contribution in [0.3, 0.4) is 0 Å². The van der Waals surface area contributed by atoms with Gasteiger partial charge in [0.15, 0.2) is 6.10 Å². The lowest BCUT2D eigenvalue weighted by Crippen LogP contribution is -2.42. The van der Waals surface area contributed by atoms with Gasteiger partial charge in [-0.1, -0.05) is 15.9 Å². The zero-order valence-corrected chi connectivity index (χ0v) is 10.9. The summed E-state index contributed by atoms with van der Waals surface area (Å²) in [6.45, 7) is 0. The topological polar surface area (TPSA) is 68.9 Å². The van der Waals surface area contributed by atoms with Gasteiger partial charge in [0, 0.05) is 10.0 Å². The number of rotatable bonds is 2. The van der Waals surface area contributed by atoms with Crippen LogP contribution in [0, 0.1) is 0 Å². The third-order valence-electron chi connectivity index (χ3n) is 2.65. The van der Waals surface area contributed by atoms with Crippen LogP contribution in [0.1, 0.15) is 11.7 Å². The zero-order chi connectivity index (χ0) is 15.3.